The van der Waals surface area contributed by atoms with Crippen molar-refractivity contribution in [3.63, 3.8) is 0 Å². The molecule has 0 bridgehead atoms. The molecule has 0 spiro atoms. The van der Waals surface area contributed by atoms with Gasteiger partial charge in [0.05, 0.1) is 0 Å². The van der Waals surface area contributed by atoms with E-state index < -0.39 is 5.69 Å². The fourth-order valence-corrected chi connectivity index (χ4v) is 5.53. The van der Waals surface area contributed by atoms with Crippen LogP contribution in [0.3, 0.4) is 0 Å². The Morgan fingerprint density at radius 1 is 1.42 bits per heavy atom. The minimum Gasteiger partial charge on any atom is -0.337 e. The molecule has 1 fully saturated rings. The van der Waals surface area contributed by atoms with E-state index in [-0.39, 0.29) is 0 Å². The smallest absolute Gasteiger partial charge is 0.244 e. The Bertz CT molecular complexity index is 180. The van der Waals surface area contributed by atoms with Gasteiger partial charge in [-0.1, -0.05) is 30.6 Å². The van der Waals surface area contributed by atoms with Crippen molar-refractivity contribution in [1.29, 1.82) is 0 Å². The first-order chi connectivity index (χ1) is 5.64. The number of hydrogen-bond donors (Lipinski definition) is 1. The van der Waals surface area contributed by atoms with Crippen LogP contribution < -0.4 is 0 Å². The van der Waals surface area contributed by atoms with Gasteiger partial charge in [-0.2, -0.15) is 0 Å². The lowest BCUT2D eigenvalue weighted by Crippen LogP contribution is -2.07. The summed E-state index contributed by atoms with van der Waals surface area (Å²) >= 11 is 6.41. The lowest BCUT2D eigenvalue weighted by molar-refractivity contribution is 0.404. The van der Waals surface area contributed by atoms with Crippen LogP contribution in [0.2, 0.25) is 0 Å². The van der Waals surface area contributed by atoms with Crippen molar-refractivity contribution in [3.05, 3.63) is 0 Å². The Kier molecular flexibility index (Phi) is 4.55. The minimum absolute atomic E-state index is 0.537. The summed E-state index contributed by atoms with van der Waals surface area (Å²) in [5.74, 6) is 0. The Morgan fingerprint density at radius 3 is 2.50 bits per heavy atom. The lowest BCUT2D eigenvalue weighted by Gasteiger charge is -2.23. The van der Waals surface area contributed by atoms with Gasteiger partial charge in [0.2, 0.25) is 5.69 Å². The highest BCUT2D eigenvalue weighted by molar-refractivity contribution is 8.67. The Labute approximate surface area is 83.0 Å². The maximum Gasteiger partial charge on any atom is 0.244 e. The summed E-state index contributed by atoms with van der Waals surface area (Å²) < 4.78 is 4.88. The highest BCUT2D eigenvalue weighted by Gasteiger charge is 2.22. The Morgan fingerprint density at radius 2 is 2.00 bits per heavy atom. The van der Waals surface area contributed by atoms with Gasteiger partial charge in [-0.15, -0.1) is 0 Å². The zero-order chi connectivity index (χ0) is 9.03. The van der Waals surface area contributed by atoms with Gasteiger partial charge in [-0.3, -0.25) is 0 Å². The average molecular weight is 226 g/mol. The third-order valence-corrected chi connectivity index (χ3v) is 6.93. The summed E-state index contributed by atoms with van der Waals surface area (Å²) in [5, 5.41) is 0.537. The van der Waals surface area contributed by atoms with Crippen molar-refractivity contribution in [2.45, 2.75) is 37.4 Å². The molecule has 0 radical (unpaired) electrons. The molecule has 0 heterocycles. The lowest BCUT2D eigenvalue weighted by atomic mass is 10.0. The molecule has 1 rings (SSSR count). The summed E-state index contributed by atoms with van der Waals surface area (Å²) in [6.45, 7) is 0. The largest absolute Gasteiger partial charge is 0.337 e. The molecule has 1 unspecified atom stereocenters. The van der Waals surface area contributed by atoms with Crippen molar-refractivity contribution in [2.24, 2.45) is 0 Å². The second kappa shape index (κ2) is 4.97. The van der Waals surface area contributed by atoms with Crippen LogP contribution in [0.25, 0.3) is 0 Å². The van der Waals surface area contributed by atoms with Crippen LogP contribution in [0.5, 0.6) is 0 Å². The third kappa shape index (κ3) is 3.75. The number of hydrogen-bond acceptors (Lipinski definition) is 3. The molecule has 0 saturated heterocycles. The van der Waals surface area contributed by atoms with Crippen molar-refractivity contribution >= 4 is 28.9 Å². The van der Waals surface area contributed by atoms with E-state index in [0.717, 1.165) is 0 Å². The highest BCUT2D eigenvalue weighted by Crippen LogP contribution is 2.59. The molecule has 1 saturated carbocycles. The topological polar surface area (TPSA) is 29.5 Å². The molecule has 0 aromatic carbocycles. The molecule has 1 N–H and O–H groups in total. The first-order valence-corrected chi connectivity index (χ1v) is 8.37. The summed E-state index contributed by atoms with van der Waals surface area (Å²) in [5.41, 5.74) is -2.49. The zero-order valence-electron chi connectivity index (χ0n) is 7.23. The van der Waals surface area contributed by atoms with E-state index >= 15 is 0 Å². The molecule has 1 aliphatic carbocycles. The molecule has 0 aliphatic heterocycles. The summed E-state index contributed by atoms with van der Waals surface area (Å²) in [4.78, 5) is 9.54. The number of rotatable bonds is 3. The summed E-state index contributed by atoms with van der Waals surface area (Å²) in [7, 11) is 1.50. The highest BCUT2D eigenvalue weighted by atomic mass is 32.9. The van der Waals surface area contributed by atoms with Gasteiger partial charge in [0.25, 0.3) is 0 Å². The first kappa shape index (κ1) is 11.0. The molecule has 12 heavy (non-hydrogen) atoms. The maximum absolute atomic E-state index is 9.54. The maximum atomic E-state index is 9.54. The van der Waals surface area contributed by atoms with Crippen molar-refractivity contribution < 1.29 is 9.42 Å². The quantitative estimate of drug-likeness (QED) is 0.749. The van der Waals surface area contributed by atoms with Crippen molar-refractivity contribution in [1.82, 2.24) is 0 Å². The predicted molar refractivity (Wildman–Crippen MR) is 58.0 cm³/mol. The van der Waals surface area contributed by atoms with Gasteiger partial charge in [0, 0.05) is 12.4 Å². The van der Waals surface area contributed by atoms with E-state index in [9.17, 15) is 4.89 Å². The molecular weight excluding hydrogens is 211 g/mol. The van der Waals surface area contributed by atoms with E-state index in [1.807, 2.05) is 0 Å². The van der Waals surface area contributed by atoms with Gasteiger partial charge in [0.1, 0.15) is 0 Å². The van der Waals surface area contributed by atoms with E-state index in [0.29, 0.717) is 5.25 Å². The molecule has 72 valence electrons. The minimum atomic E-state index is -2.49. The van der Waals surface area contributed by atoms with Crippen LogP contribution in [-0.2, 0) is 16.3 Å². The summed E-state index contributed by atoms with van der Waals surface area (Å²) in [6.07, 6.45) is 6.26. The van der Waals surface area contributed by atoms with Gasteiger partial charge < -0.3 is 9.42 Å². The van der Waals surface area contributed by atoms with Crippen LogP contribution in [0.4, 0.5) is 0 Å². The van der Waals surface area contributed by atoms with E-state index in [2.05, 4.69) is 0 Å². The molecule has 0 aromatic heterocycles. The second-order valence-electron chi connectivity index (χ2n) is 3.02. The van der Waals surface area contributed by atoms with Crippen LogP contribution in [0.15, 0.2) is 0 Å². The summed E-state index contributed by atoms with van der Waals surface area (Å²) in [6, 6.07) is 0. The Balaban J connectivity index is 2.34. The van der Waals surface area contributed by atoms with Crippen LogP contribution >= 0.6 is 17.1 Å². The molecule has 1 atom stereocenters. The molecule has 5 heteroatoms. The van der Waals surface area contributed by atoms with Gasteiger partial charge in [-0.25, -0.2) is 0 Å². The fraction of sp³-hybridized carbons (Fsp3) is 1.00. The van der Waals surface area contributed by atoms with Crippen LogP contribution in [0.1, 0.15) is 32.1 Å². The monoisotopic (exact) mass is 226 g/mol. The van der Waals surface area contributed by atoms with Crippen LogP contribution in [0, 0.1) is 0 Å². The predicted octanol–water partition coefficient (Wildman–Crippen LogP) is 2.92. The fourth-order valence-electron chi connectivity index (χ4n) is 1.40. The van der Waals surface area contributed by atoms with Crippen LogP contribution in [-0.4, -0.2) is 17.3 Å². The zero-order valence-corrected chi connectivity index (χ0v) is 9.76. The Hall–Kier alpha value is 0.920. The van der Waals surface area contributed by atoms with E-state index in [4.69, 9.17) is 16.3 Å². The van der Waals surface area contributed by atoms with Gasteiger partial charge in [-0.05, 0) is 24.6 Å². The van der Waals surface area contributed by atoms with E-state index in [1.54, 1.807) is 0 Å². The second-order valence-corrected chi connectivity index (χ2v) is 9.49. The molecule has 0 aromatic rings. The van der Waals surface area contributed by atoms with Gasteiger partial charge in [0.15, 0.2) is 0 Å². The third-order valence-electron chi connectivity index (χ3n) is 2.07. The average Bonchev–Trinajstić information content (AvgIpc) is 2.06. The first-order valence-electron chi connectivity index (χ1n) is 4.21. The molecule has 1 aliphatic rings. The normalized spacial score (nSPS) is 25.2. The SMILES string of the molecule is COP(O)(=S)SC1CCCCC1. The van der Waals surface area contributed by atoms with E-state index in [1.165, 1.54) is 50.6 Å². The van der Waals surface area contributed by atoms with Crippen molar-refractivity contribution in [2.75, 3.05) is 7.11 Å². The molecular formula is C7H15O2PS2. The van der Waals surface area contributed by atoms with Gasteiger partial charge >= 0.3 is 0 Å². The molecule has 2 nitrogen and oxygen atoms in total. The standard InChI is InChI=1S/C7H15O2PS2/c1-9-10(8,11)12-7-5-3-2-4-6-7/h7H,2-6H2,1H3,(H,8,11). The molecule has 0 amide bonds. The van der Waals surface area contributed by atoms with Crippen molar-refractivity contribution in [3.8, 4) is 0 Å².